The van der Waals surface area contributed by atoms with Gasteiger partial charge in [-0.2, -0.15) is 0 Å². The van der Waals surface area contributed by atoms with Crippen LogP contribution in [-0.4, -0.2) is 57.1 Å². The molecule has 0 radical (unpaired) electrons. The van der Waals surface area contributed by atoms with Crippen LogP contribution in [0.4, 0.5) is 27.5 Å². The van der Waals surface area contributed by atoms with Crippen LogP contribution in [0.15, 0.2) is 66.7 Å². The Morgan fingerprint density at radius 3 is 2.18 bits per heavy atom. The number of ether oxygens (including phenoxy) is 1. The van der Waals surface area contributed by atoms with Gasteiger partial charge in [-0.15, -0.1) is 0 Å². The van der Waals surface area contributed by atoms with Crippen molar-refractivity contribution in [3.05, 3.63) is 82.9 Å². The van der Waals surface area contributed by atoms with E-state index < -0.39 is 6.09 Å². The molecule has 0 aromatic heterocycles. The van der Waals surface area contributed by atoms with Gasteiger partial charge in [0.2, 0.25) is 5.91 Å². The van der Waals surface area contributed by atoms with Crippen LogP contribution in [0.25, 0.3) is 11.3 Å². The number of likely N-dealkylation sites (N-methyl/N-ethyl adjacent to an activating group) is 1. The van der Waals surface area contributed by atoms with Crippen molar-refractivity contribution >= 4 is 63.5 Å². The Hall–Kier alpha value is -4.34. The summed E-state index contributed by atoms with van der Waals surface area (Å²) in [4.78, 5) is 40.8. The first-order chi connectivity index (χ1) is 18.7. The molecule has 0 fully saturated rings. The fourth-order valence-corrected chi connectivity index (χ4v) is 4.37. The zero-order valence-electron chi connectivity index (χ0n) is 22.2. The maximum atomic E-state index is 13.2. The number of amides is 3. The van der Waals surface area contributed by atoms with Crippen LogP contribution in [0, 0.1) is 0 Å². The Kier molecular flexibility index (Phi) is 8.53. The second-order valence-electron chi connectivity index (χ2n) is 9.23. The molecule has 39 heavy (non-hydrogen) atoms. The molecule has 0 aliphatic carbocycles. The molecule has 1 aliphatic rings. The lowest BCUT2D eigenvalue weighted by Gasteiger charge is -2.23. The summed E-state index contributed by atoms with van der Waals surface area (Å²) in [6, 6.07) is 19.8. The molecule has 1 heterocycles. The number of halogens is 1. The summed E-state index contributed by atoms with van der Waals surface area (Å²) in [6.07, 6.45) is -0.578. The summed E-state index contributed by atoms with van der Waals surface area (Å²) in [6.45, 7) is 2.84. The van der Waals surface area contributed by atoms with Crippen LogP contribution in [0.1, 0.15) is 18.1 Å². The fraction of sp³-hybridized carbons (Fsp3) is 0.207. The third-order valence-electron chi connectivity index (χ3n) is 6.18. The number of rotatable bonds is 8. The lowest BCUT2D eigenvalue weighted by Crippen LogP contribution is -2.35. The van der Waals surface area contributed by atoms with Crippen LogP contribution < -0.4 is 20.9 Å². The van der Waals surface area contributed by atoms with Gasteiger partial charge >= 0.3 is 6.09 Å². The Morgan fingerprint density at radius 2 is 1.56 bits per heavy atom. The van der Waals surface area contributed by atoms with Gasteiger partial charge in [-0.05, 0) is 68.2 Å². The Bertz CT molecular complexity index is 1420. The average molecular weight is 548 g/mol. The highest BCUT2D eigenvalue weighted by Gasteiger charge is 2.28. The lowest BCUT2D eigenvalue weighted by molar-refractivity contribution is -0.116. The standard InChI is InChI=1S/C29H30ClN5O4/c1-18(36)35(16-15-34(2)3)23-12-10-21(11-13-23)31-27(19-5-8-22(9-6-19)32-29(38)39-4)26-24-14-7-20(30)17-25(24)33-28(26)37/h5-14,17,31H,15-16H2,1-4H3,(H,32,38)(H,33,37). The monoisotopic (exact) mass is 547 g/mol. The number of fused-ring (bicyclic) bond motifs is 1. The molecule has 0 spiro atoms. The van der Waals surface area contributed by atoms with E-state index in [-0.39, 0.29) is 11.8 Å². The normalized spacial score (nSPS) is 13.4. The van der Waals surface area contributed by atoms with E-state index in [9.17, 15) is 14.4 Å². The van der Waals surface area contributed by atoms with Crippen molar-refractivity contribution in [2.45, 2.75) is 6.92 Å². The largest absolute Gasteiger partial charge is 0.453 e. The number of nitrogens with one attached hydrogen (secondary N) is 3. The molecule has 0 saturated heterocycles. The maximum Gasteiger partial charge on any atom is 0.411 e. The first-order valence-electron chi connectivity index (χ1n) is 12.3. The van der Waals surface area contributed by atoms with Gasteiger partial charge in [-0.3, -0.25) is 14.9 Å². The van der Waals surface area contributed by atoms with Crippen LogP contribution in [0.3, 0.4) is 0 Å². The topological polar surface area (TPSA) is 103 Å². The molecule has 9 nitrogen and oxygen atoms in total. The van der Waals surface area contributed by atoms with Crippen molar-refractivity contribution in [1.29, 1.82) is 0 Å². The molecule has 1 aliphatic heterocycles. The first-order valence-corrected chi connectivity index (χ1v) is 12.6. The zero-order valence-corrected chi connectivity index (χ0v) is 22.9. The summed E-state index contributed by atoms with van der Waals surface area (Å²) >= 11 is 6.16. The molecular weight excluding hydrogens is 518 g/mol. The number of carbonyl (C=O) groups is 3. The zero-order chi connectivity index (χ0) is 28.1. The van der Waals surface area contributed by atoms with Crippen molar-refractivity contribution in [3.8, 4) is 0 Å². The summed E-state index contributed by atoms with van der Waals surface area (Å²) < 4.78 is 4.66. The molecule has 0 atom stereocenters. The third kappa shape index (κ3) is 6.57. The Labute approximate surface area is 232 Å². The molecule has 0 saturated carbocycles. The highest BCUT2D eigenvalue weighted by atomic mass is 35.5. The van der Waals surface area contributed by atoms with Gasteiger partial charge in [-0.25, -0.2) is 4.79 Å². The first kappa shape index (κ1) is 27.7. The van der Waals surface area contributed by atoms with E-state index in [4.69, 9.17) is 11.6 Å². The van der Waals surface area contributed by atoms with Gasteiger partial charge in [0, 0.05) is 47.7 Å². The molecule has 0 unspecified atom stereocenters. The average Bonchev–Trinajstić information content (AvgIpc) is 3.22. The molecule has 3 aromatic carbocycles. The van der Waals surface area contributed by atoms with E-state index in [0.29, 0.717) is 39.8 Å². The SMILES string of the molecule is COC(=O)Nc1ccc(C(Nc2ccc(N(CCN(C)C)C(C)=O)cc2)=C2C(=O)Nc3cc(Cl)ccc32)cc1. The van der Waals surface area contributed by atoms with Crippen LogP contribution >= 0.6 is 11.6 Å². The van der Waals surface area contributed by atoms with Crippen molar-refractivity contribution in [2.75, 3.05) is 55.1 Å². The number of anilines is 4. The quantitative estimate of drug-likeness (QED) is 0.328. The molecule has 3 amide bonds. The summed E-state index contributed by atoms with van der Waals surface area (Å²) in [5.74, 6) is -0.312. The van der Waals surface area contributed by atoms with Gasteiger partial charge in [0.15, 0.2) is 0 Å². The minimum absolute atomic E-state index is 0.0427. The second-order valence-corrected chi connectivity index (χ2v) is 9.67. The van der Waals surface area contributed by atoms with Gasteiger partial charge in [0.25, 0.3) is 5.91 Å². The lowest BCUT2D eigenvalue weighted by atomic mass is 9.99. The number of carbonyl (C=O) groups excluding carboxylic acids is 3. The number of nitrogens with zero attached hydrogens (tertiary/aromatic N) is 2. The van der Waals surface area contributed by atoms with Crippen molar-refractivity contribution < 1.29 is 19.1 Å². The van der Waals surface area contributed by atoms with E-state index >= 15 is 0 Å². The van der Waals surface area contributed by atoms with E-state index in [0.717, 1.165) is 23.5 Å². The Balaban J connectivity index is 1.72. The van der Waals surface area contributed by atoms with E-state index in [1.54, 1.807) is 54.3 Å². The van der Waals surface area contributed by atoms with Gasteiger partial charge in [0.05, 0.1) is 24.1 Å². The summed E-state index contributed by atoms with van der Waals surface area (Å²) in [5.41, 5.74) is 5.14. The van der Waals surface area contributed by atoms with Crippen LogP contribution in [0.5, 0.6) is 0 Å². The summed E-state index contributed by atoms with van der Waals surface area (Å²) in [7, 11) is 5.22. The fourth-order valence-electron chi connectivity index (χ4n) is 4.20. The van der Waals surface area contributed by atoms with E-state index in [1.807, 2.05) is 43.3 Å². The molecule has 202 valence electrons. The molecule has 3 aromatic rings. The highest BCUT2D eigenvalue weighted by molar-refractivity contribution is 6.38. The highest BCUT2D eigenvalue weighted by Crippen LogP contribution is 2.39. The van der Waals surface area contributed by atoms with Crippen LogP contribution in [-0.2, 0) is 14.3 Å². The summed E-state index contributed by atoms with van der Waals surface area (Å²) in [5, 5.41) is 9.43. The number of benzene rings is 3. The van der Waals surface area contributed by atoms with Crippen molar-refractivity contribution in [2.24, 2.45) is 0 Å². The molecule has 0 bridgehead atoms. The minimum atomic E-state index is -0.578. The smallest absolute Gasteiger partial charge is 0.411 e. The van der Waals surface area contributed by atoms with Crippen molar-refractivity contribution in [1.82, 2.24) is 4.90 Å². The molecule has 3 N–H and O–H groups in total. The van der Waals surface area contributed by atoms with Crippen molar-refractivity contribution in [3.63, 3.8) is 0 Å². The van der Waals surface area contributed by atoms with Gasteiger partial charge in [0.1, 0.15) is 0 Å². The van der Waals surface area contributed by atoms with E-state index in [1.165, 1.54) is 7.11 Å². The second kappa shape index (κ2) is 12.0. The van der Waals surface area contributed by atoms with E-state index in [2.05, 4.69) is 20.7 Å². The van der Waals surface area contributed by atoms with Crippen LogP contribution in [0.2, 0.25) is 5.02 Å². The predicted molar refractivity (Wildman–Crippen MR) is 156 cm³/mol. The van der Waals surface area contributed by atoms with Gasteiger partial charge in [-0.1, -0.05) is 29.8 Å². The number of methoxy groups -OCH3 is 1. The minimum Gasteiger partial charge on any atom is -0.453 e. The Morgan fingerprint density at radius 1 is 0.923 bits per heavy atom. The third-order valence-corrected chi connectivity index (χ3v) is 6.42. The van der Waals surface area contributed by atoms with Gasteiger partial charge < -0.3 is 25.2 Å². The molecular formula is C29H30ClN5O4. The number of hydrogen-bond donors (Lipinski definition) is 3. The predicted octanol–water partition coefficient (Wildman–Crippen LogP) is 5.37. The number of hydrogen-bond acceptors (Lipinski definition) is 6. The molecule has 4 rings (SSSR count). The maximum absolute atomic E-state index is 13.2. The molecule has 10 heteroatoms.